The molecule has 0 aliphatic rings. The molecule has 0 radical (unpaired) electrons. The fraction of sp³-hybridized carbons (Fsp3) is 0. The minimum absolute atomic E-state index is 0.0985. The standard InChI is InChI=1S/C7H5FN2O2/c8-6-2-1-5(4-9)7(3-6)10(11)12/h1-4,9H. The second-order valence-corrected chi connectivity index (χ2v) is 2.10. The van der Waals surface area contributed by atoms with E-state index in [1.165, 1.54) is 6.07 Å². The third-order valence-electron chi connectivity index (χ3n) is 1.34. The number of hydrogen-bond acceptors (Lipinski definition) is 3. The molecule has 0 saturated carbocycles. The molecule has 0 unspecified atom stereocenters. The second-order valence-electron chi connectivity index (χ2n) is 2.10. The number of nitro benzene ring substituents is 1. The van der Waals surface area contributed by atoms with Gasteiger partial charge in [-0.3, -0.25) is 10.1 Å². The average molecular weight is 168 g/mol. The lowest BCUT2D eigenvalue weighted by molar-refractivity contribution is -0.385. The van der Waals surface area contributed by atoms with Crippen molar-refractivity contribution >= 4 is 11.9 Å². The van der Waals surface area contributed by atoms with E-state index >= 15 is 0 Å². The normalized spacial score (nSPS) is 9.42. The summed E-state index contributed by atoms with van der Waals surface area (Å²) in [5.74, 6) is -0.674. The highest BCUT2D eigenvalue weighted by molar-refractivity contribution is 5.82. The van der Waals surface area contributed by atoms with Crippen LogP contribution in [-0.2, 0) is 0 Å². The van der Waals surface area contributed by atoms with Crippen LogP contribution in [0.4, 0.5) is 10.1 Å². The predicted molar refractivity (Wildman–Crippen MR) is 40.9 cm³/mol. The molecule has 0 aromatic heterocycles. The Morgan fingerprint density at radius 1 is 1.58 bits per heavy atom. The van der Waals surface area contributed by atoms with E-state index in [-0.39, 0.29) is 11.3 Å². The summed E-state index contributed by atoms with van der Waals surface area (Å²) in [4.78, 5) is 9.55. The van der Waals surface area contributed by atoms with E-state index < -0.39 is 10.7 Å². The van der Waals surface area contributed by atoms with Gasteiger partial charge in [0.05, 0.1) is 16.6 Å². The Balaban J connectivity index is 3.30. The van der Waals surface area contributed by atoms with Gasteiger partial charge in [0, 0.05) is 6.21 Å². The maximum Gasteiger partial charge on any atom is 0.281 e. The molecule has 0 bridgehead atoms. The van der Waals surface area contributed by atoms with E-state index in [2.05, 4.69) is 0 Å². The van der Waals surface area contributed by atoms with Crippen molar-refractivity contribution in [1.29, 1.82) is 5.41 Å². The van der Waals surface area contributed by atoms with Crippen LogP contribution < -0.4 is 0 Å². The summed E-state index contributed by atoms with van der Waals surface area (Å²) in [5, 5.41) is 17.1. The minimum atomic E-state index is -0.719. The number of nitro groups is 1. The molecule has 5 heteroatoms. The van der Waals surface area contributed by atoms with Crippen molar-refractivity contribution in [2.75, 3.05) is 0 Å². The third kappa shape index (κ3) is 1.45. The number of halogens is 1. The highest BCUT2D eigenvalue weighted by Crippen LogP contribution is 2.17. The fourth-order valence-corrected chi connectivity index (χ4v) is 0.797. The summed E-state index contributed by atoms with van der Waals surface area (Å²) in [6, 6.07) is 3.06. The lowest BCUT2D eigenvalue weighted by Crippen LogP contribution is -1.94. The zero-order chi connectivity index (χ0) is 9.14. The molecule has 1 rings (SSSR count). The molecule has 0 heterocycles. The second kappa shape index (κ2) is 3.08. The first-order valence-corrected chi connectivity index (χ1v) is 3.09. The SMILES string of the molecule is N=Cc1ccc(F)cc1[N+](=O)[O-]. The molecule has 0 atom stereocenters. The average Bonchev–Trinajstić information content (AvgIpc) is 2.04. The number of benzene rings is 1. The van der Waals surface area contributed by atoms with Crippen LogP contribution in [0.3, 0.4) is 0 Å². The summed E-state index contributed by atoms with van der Waals surface area (Å²) in [6.07, 6.45) is 0.817. The maximum atomic E-state index is 12.5. The first-order chi connectivity index (χ1) is 5.65. The van der Waals surface area contributed by atoms with Gasteiger partial charge >= 0.3 is 0 Å². The van der Waals surface area contributed by atoms with E-state index in [4.69, 9.17) is 5.41 Å². The van der Waals surface area contributed by atoms with Gasteiger partial charge < -0.3 is 5.41 Å². The summed E-state index contributed by atoms with van der Waals surface area (Å²) < 4.78 is 12.5. The number of nitrogens with zero attached hydrogens (tertiary/aromatic N) is 1. The summed E-state index contributed by atoms with van der Waals surface area (Å²) in [7, 11) is 0. The van der Waals surface area contributed by atoms with Crippen molar-refractivity contribution in [2.45, 2.75) is 0 Å². The van der Waals surface area contributed by atoms with E-state index in [1.807, 2.05) is 0 Å². The van der Waals surface area contributed by atoms with Crippen molar-refractivity contribution in [2.24, 2.45) is 0 Å². The van der Waals surface area contributed by atoms with Gasteiger partial charge in [-0.25, -0.2) is 4.39 Å². The van der Waals surface area contributed by atoms with Gasteiger partial charge in [-0.2, -0.15) is 0 Å². The molecule has 1 N–H and O–H groups in total. The van der Waals surface area contributed by atoms with Crippen LogP contribution in [0.25, 0.3) is 0 Å². The summed E-state index contributed by atoms with van der Waals surface area (Å²) in [6.45, 7) is 0. The van der Waals surface area contributed by atoms with Crippen LogP contribution in [0.15, 0.2) is 18.2 Å². The molecular formula is C7H5FN2O2. The Labute approximate surface area is 67.3 Å². The monoisotopic (exact) mass is 168 g/mol. The van der Waals surface area contributed by atoms with Crippen LogP contribution in [-0.4, -0.2) is 11.1 Å². The Hall–Kier alpha value is -1.78. The minimum Gasteiger partial charge on any atom is -0.308 e. The predicted octanol–water partition coefficient (Wildman–Crippen LogP) is 1.73. The van der Waals surface area contributed by atoms with Crippen molar-refractivity contribution in [3.63, 3.8) is 0 Å². The van der Waals surface area contributed by atoms with Gasteiger partial charge in [-0.1, -0.05) is 0 Å². The van der Waals surface area contributed by atoms with Crippen molar-refractivity contribution in [1.82, 2.24) is 0 Å². The molecular weight excluding hydrogens is 163 g/mol. The smallest absolute Gasteiger partial charge is 0.281 e. The van der Waals surface area contributed by atoms with Gasteiger partial charge in [0.1, 0.15) is 5.82 Å². The Morgan fingerprint density at radius 2 is 2.25 bits per heavy atom. The van der Waals surface area contributed by atoms with Gasteiger partial charge in [0.15, 0.2) is 0 Å². The molecule has 0 aliphatic carbocycles. The first-order valence-electron chi connectivity index (χ1n) is 3.09. The molecule has 0 spiro atoms. The largest absolute Gasteiger partial charge is 0.308 e. The molecule has 4 nitrogen and oxygen atoms in total. The van der Waals surface area contributed by atoms with E-state index in [1.54, 1.807) is 0 Å². The van der Waals surface area contributed by atoms with Gasteiger partial charge in [0.25, 0.3) is 5.69 Å². The molecule has 1 aromatic carbocycles. The quantitative estimate of drug-likeness (QED) is 0.415. The molecule has 62 valence electrons. The van der Waals surface area contributed by atoms with Crippen LogP contribution in [0.2, 0.25) is 0 Å². The maximum absolute atomic E-state index is 12.5. The summed E-state index contributed by atoms with van der Waals surface area (Å²) >= 11 is 0. The van der Waals surface area contributed by atoms with E-state index in [0.29, 0.717) is 0 Å². The Morgan fingerprint density at radius 3 is 2.75 bits per heavy atom. The zero-order valence-electron chi connectivity index (χ0n) is 5.95. The Bertz CT molecular complexity index is 338. The van der Waals surface area contributed by atoms with Crippen LogP contribution in [0.1, 0.15) is 5.56 Å². The van der Waals surface area contributed by atoms with Crippen LogP contribution >= 0.6 is 0 Å². The molecule has 12 heavy (non-hydrogen) atoms. The van der Waals surface area contributed by atoms with Gasteiger partial charge in [-0.05, 0) is 12.1 Å². The number of rotatable bonds is 2. The van der Waals surface area contributed by atoms with Crippen LogP contribution in [0, 0.1) is 21.3 Å². The topological polar surface area (TPSA) is 67.0 Å². The highest BCUT2D eigenvalue weighted by atomic mass is 19.1. The molecule has 0 aliphatic heterocycles. The lowest BCUT2D eigenvalue weighted by atomic mass is 10.2. The van der Waals surface area contributed by atoms with Crippen molar-refractivity contribution in [3.8, 4) is 0 Å². The Kier molecular flexibility index (Phi) is 2.14. The zero-order valence-corrected chi connectivity index (χ0v) is 5.95. The third-order valence-corrected chi connectivity index (χ3v) is 1.34. The number of hydrogen-bond donors (Lipinski definition) is 1. The van der Waals surface area contributed by atoms with Crippen molar-refractivity contribution < 1.29 is 9.31 Å². The molecule has 1 aromatic rings. The fourth-order valence-electron chi connectivity index (χ4n) is 0.797. The van der Waals surface area contributed by atoms with Gasteiger partial charge in [-0.15, -0.1) is 0 Å². The van der Waals surface area contributed by atoms with Crippen LogP contribution in [0.5, 0.6) is 0 Å². The highest BCUT2D eigenvalue weighted by Gasteiger charge is 2.12. The number of nitrogens with one attached hydrogen (secondary N) is 1. The lowest BCUT2D eigenvalue weighted by Gasteiger charge is -1.95. The molecule has 0 saturated heterocycles. The molecule has 0 amide bonds. The molecule has 0 fully saturated rings. The van der Waals surface area contributed by atoms with E-state index in [9.17, 15) is 14.5 Å². The first kappa shape index (κ1) is 8.32. The van der Waals surface area contributed by atoms with Crippen molar-refractivity contribution in [3.05, 3.63) is 39.7 Å². The van der Waals surface area contributed by atoms with E-state index in [0.717, 1.165) is 18.3 Å². The van der Waals surface area contributed by atoms with Gasteiger partial charge in [0.2, 0.25) is 0 Å². The summed E-state index contributed by atoms with van der Waals surface area (Å²) in [5.41, 5.74) is -0.286.